The van der Waals surface area contributed by atoms with E-state index in [1.54, 1.807) is 24.3 Å². The lowest BCUT2D eigenvalue weighted by molar-refractivity contribution is -0.120. The minimum absolute atomic E-state index is 0.00839. The van der Waals surface area contributed by atoms with Gasteiger partial charge in [-0.2, -0.15) is 0 Å². The molecule has 1 amide bonds. The molecule has 2 rings (SSSR count). The van der Waals surface area contributed by atoms with Gasteiger partial charge in [-0.15, -0.1) is 11.8 Å². The quantitative estimate of drug-likeness (QED) is 0.500. The maximum absolute atomic E-state index is 12.8. The summed E-state index contributed by atoms with van der Waals surface area (Å²) >= 11 is 1.53. The maximum atomic E-state index is 12.8. The molecule has 0 heterocycles. The summed E-state index contributed by atoms with van der Waals surface area (Å²) in [7, 11) is 0. The summed E-state index contributed by atoms with van der Waals surface area (Å²) in [5.74, 6) is 0.765. The van der Waals surface area contributed by atoms with Crippen molar-refractivity contribution in [2.45, 2.75) is 24.2 Å². The van der Waals surface area contributed by atoms with Crippen molar-refractivity contribution in [1.29, 1.82) is 0 Å². The van der Waals surface area contributed by atoms with Crippen LogP contribution >= 0.6 is 11.8 Å². The van der Waals surface area contributed by atoms with Crippen LogP contribution in [0, 0.1) is 11.6 Å². The highest BCUT2D eigenvalue weighted by molar-refractivity contribution is 7.99. The Bertz CT molecular complexity index is 647. The van der Waals surface area contributed by atoms with E-state index in [-0.39, 0.29) is 17.5 Å². The SMILES string of the molecule is O=C(CCSc1ccc(F)cc1)NCCCCOc1ccc(F)cc1. The topological polar surface area (TPSA) is 38.3 Å². The first-order valence-corrected chi connectivity index (χ1v) is 9.15. The Morgan fingerprint density at radius 3 is 2.28 bits per heavy atom. The summed E-state index contributed by atoms with van der Waals surface area (Å²) in [6.45, 7) is 1.13. The molecule has 0 aromatic heterocycles. The number of halogens is 2. The molecule has 0 spiro atoms. The van der Waals surface area contributed by atoms with Gasteiger partial charge in [-0.1, -0.05) is 0 Å². The predicted molar refractivity (Wildman–Crippen MR) is 95.9 cm³/mol. The zero-order valence-corrected chi connectivity index (χ0v) is 14.7. The van der Waals surface area contributed by atoms with Crippen LogP contribution in [0.25, 0.3) is 0 Å². The second-order valence-electron chi connectivity index (χ2n) is 5.41. The second kappa shape index (κ2) is 10.7. The molecule has 6 heteroatoms. The molecule has 0 aliphatic heterocycles. The molecule has 0 aliphatic rings. The van der Waals surface area contributed by atoms with Crippen LogP contribution in [0.4, 0.5) is 8.78 Å². The smallest absolute Gasteiger partial charge is 0.220 e. The third-order valence-corrected chi connectivity index (χ3v) is 4.40. The number of amides is 1. The number of carbonyl (C=O) groups excluding carboxylic acids is 1. The summed E-state index contributed by atoms with van der Waals surface area (Å²) in [6, 6.07) is 12.1. The molecule has 2 aromatic rings. The standard InChI is InChI=1S/C19H21F2NO2S/c20-15-3-7-17(8-4-15)24-13-2-1-12-22-19(23)11-14-25-18-9-5-16(21)6-10-18/h3-10H,1-2,11-14H2,(H,22,23). The van der Waals surface area contributed by atoms with Crippen LogP contribution in [0.5, 0.6) is 5.75 Å². The number of ether oxygens (including phenoxy) is 1. The lowest BCUT2D eigenvalue weighted by Gasteiger charge is -2.07. The van der Waals surface area contributed by atoms with Gasteiger partial charge in [0.25, 0.3) is 0 Å². The third kappa shape index (κ3) is 8.03. The van der Waals surface area contributed by atoms with E-state index in [0.717, 1.165) is 17.7 Å². The molecule has 0 fully saturated rings. The van der Waals surface area contributed by atoms with E-state index >= 15 is 0 Å². The van der Waals surface area contributed by atoms with Gasteiger partial charge in [0, 0.05) is 23.6 Å². The van der Waals surface area contributed by atoms with Gasteiger partial charge in [0.2, 0.25) is 5.91 Å². The molecule has 0 aliphatic carbocycles. The Morgan fingerprint density at radius 1 is 0.960 bits per heavy atom. The van der Waals surface area contributed by atoms with Crippen LogP contribution in [0.15, 0.2) is 53.4 Å². The van der Waals surface area contributed by atoms with Crippen molar-refractivity contribution in [1.82, 2.24) is 5.32 Å². The zero-order valence-electron chi connectivity index (χ0n) is 13.8. The highest BCUT2D eigenvalue weighted by Gasteiger charge is 2.02. The lowest BCUT2D eigenvalue weighted by Crippen LogP contribution is -2.24. The molecule has 0 saturated carbocycles. The first kappa shape index (κ1) is 19.2. The number of unbranched alkanes of at least 4 members (excludes halogenated alkanes) is 1. The number of rotatable bonds is 10. The molecule has 1 N–H and O–H groups in total. The van der Waals surface area contributed by atoms with Crippen LogP contribution < -0.4 is 10.1 Å². The highest BCUT2D eigenvalue weighted by atomic mass is 32.2. The molecule has 0 radical (unpaired) electrons. The van der Waals surface area contributed by atoms with E-state index in [1.165, 1.54) is 36.0 Å². The molecule has 25 heavy (non-hydrogen) atoms. The van der Waals surface area contributed by atoms with E-state index < -0.39 is 0 Å². The fraction of sp³-hybridized carbons (Fsp3) is 0.316. The molecular weight excluding hydrogens is 344 g/mol. The largest absolute Gasteiger partial charge is 0.494 e. The van der Waals surface area contributed by atoms with E-state index in [0.29, 0.717) is 31.1 Å². The van der Waals surface area contributed by atoms with Gasteiger partial charge in [-0.25, -0.2) is 8.78 Å². The zero-order chi connectivity index (χ0) is 17.9. The molecule has 3 nitrogen and oxygen atoms in total. The normalized spacial score (nSPS) is 10.5. The maximum Gasteiger partial charge on any atom is 0.220 e. The Labute approximate surface area is 150 Å². The molecular formula is C19H21F2NO2S. The minimum atomic E-state index is -0.285. The number of benzene rings is 2. The summed E-state index contributed by atoms with van der Waals surface area (Å²) in [4.78, 5) is 12.7. The van der Waals surface area contributed by atoms with Gasteiger partial charge in [-0.3, -0.25) is 4.79 Å². The molecule has 0 saturated heterocycles. The number of hydrogen-bond donors (Lipinski definition) is 1. The first-order chi connectivity index (χ1) is 12.1. The number of hydrogen-bond acceptors (Lipinski definition) is 3. The average molecular weight is 365 g/mol. The fourth-order valence-electron chi connectivity index (χ4n) is 2.06. The molecule has 0 unspecified atom stereocenters. The molecule has 2 aromatic carbocycles. The monoisotopic (exact) mass is 365 g/mol. The Balaban J connectivity index is 1.48. The van der Waals surface area contributed by atoms with E-state index in [9.17, 15) is 13.6 Å². The van der Waals surface area contributed by atoms with Crippen LogP contribution in [0.1, 0.15) is 19.3 Å². The minimum Gasteiger partial charge on any atom is -0.494 e. The second-order valence-corrected chi connectivity index (χ2v) is 6.58. The first-order valence-electron chi connectivity index (χ1n) is 8.17. The average Bonchev–Trinajstić information content (AvgIpc) is 2.61. The predicted octanol–water partition coefficient (Wildman–Crippen LogP) is 4.42. The van der Waals surface area contributed by atoms with Gasteiger partial charge >= 0.3 is 0 Å². The van der Waals surface area contributed by atoms with Gasteiger partial charge in [0.1, 0.15) is 17.4 Å². The third-order valence-electron chi connectivity index (χ3n) is 3.39. The van der Waals surface area contributed by atoms with Crippen molar-refractivity contribution in [3.63, 3.8) is 0 Å². The van der Waals surface area contributed by atoms with Crippen LogP contribution in [-0.4, -0.2) is 24.8 Å². The molecule has 0 atom stereocenters. The molecule has 0 bridgehead atoms. The van der Waals surface area contributed by atoms with Crippen LogP contribution in [-0.2, 0) is 4.79 Å². The molecule has 134 valence electrons. The van der Waals surface area contributed by atoms with Crippen LogP contribution in [0.2, 0.25) is 0 Å². The van der Waals surface area contributed by atoms with E-state index in [1.807, 2.05) is 0 Å². The Hall–Kier alpha value is -2.08. The Kier molecular flexibility index (Phi) is 8.25. The van der Waals surface area contributed by atoms with Crippen molar-refractivity contribution in [3.8, 4) is 5.75 Å². The number of nitrogens with one attached hydrogen (secondary N) is 1. The van der Waals surface area contributed by atoms with Crippen molar-refractivity contribution >= 4 is 17.7 Å². The summed E-state index contributed by atoms with van der Waals surface area (Å²) in [5, 5.41) is 2.87. The lowest BCUT2D eigenvalue weighted by atomic mass is 10.3. The van der Waals surface area contributed by atoms with Crippen molar-refractivity contribution in [3.05, 3.63) is 60.2 Å². The highest BCUT2D eigenvalue weighted by Crippen LogP contribution is 2.18. The summed E-state index contributed by atoms with van der Waals surface area (Å²) in [5.41, 5.74) is 0. The van der Waals surface area contributed by atoms with Gasteiger partial charge in [0.05, 0.1) is 6.61 Å². The fourth-order valence-corrected chi connectivity index (χ4v) is 2.91. The van der Waals surface area contributed by atoms with Gasteiger partial charge in [-0.05, 0) is 61.4 Å². The van der Waals surface area contributed by atoms with E-state index in [4.69, 9.17) is 4.74 Å². The van der Waals surface area contributed by atoms with Gasteiger partial charge in [0.15, 0.2) is 0 Å². The van der Waals surface area contributed by atoms with E-state index in [2.05, 4.69) is 5.32 Å². The van der Waals surface area contributed by atoms with Gasteiger partial charge < -0.3 is 10.1 Å². The summed E-state index contributed by atoms with van der Waals surface area (Å²) < 4.78 is 31.0. The van der Waals surface area contributed by atoms with Crippen molar-refractivity contribution in [2.24, 2.45) is 0 Å². The van der Waals surface area contributed by atoms with Crippen LogP contribution in [0.3, 0.4) is 0 Å². The summed E-state index contributed by atoms with van der Waals surface area (Å²) in [6.07, 6.45) is 2.05. The van der Waals surface area contributed by atoms with Crippen molar-refractivity contribution in [2.75, 3.05) is 18.9 Å². The Morgan fingerprint density at radius 2 is 1.60 bits per heavy atom. The number of carbonyl (C=O) groups is 1. The van der Waals surface area contributed by atoms with Crippen molar-refractivity contribution < 1.29 is 18.3 Å². The number of thioether (sulfide) groups is 1.